The molecule has 5 heteroatoms. The summed E-state index contributed by atoms with van der Waals surface area (Å²) >= 11 is 6.03. The molecule has 1 aromatic carbocycles. The van der Waals surface area contributed by atoms with E-state index in [9.17, 15) is 0 Å². The number of halogens is 1. The molecule has 104 valence electrons. The molecule has 0 spiro atoms. The SMILES string of the molecule is CC(CC(=N)N)N1CCN(c2cccc(Cl)c2)CC1. The predicted molar refractivity (Wildman–Crippen MR) is 81.2 cm³/mol. The highest BCUT2D eigenvalue weighted by Crippen LogP contribution is 2.21. The lowest BCUT2D eigenvalue weighted by molar-refractivity contribution is 0.201. The summed E-state index contributed by atoms with van der Waals surface area (Å²) in [5.74, 6) is 0.268. The van der Waals surface area contributed by atoms with Crippen molar-refractivity contribution in [2.24, 2.45) is 5.73 Å². The van der Waals surface area contributed by atoms with E-state index in [2.05, 4.69) is 22.8 Å². The second-order valence-corrected chi connectivity index (χ2v) is 5.52. The molecular weight excluding hydrogens is 260 g/mol. The van der Waals surface area contributed by atoms with Gasteiger partial charge in [-0.15, -0.1) is 0 Å². The number of rotatable bonds is 4. The number of nitrogens with zero attached hydrogens (tertiary/aromatic N) is 2. The van der Waals surface area contributed by atoms with Crippen LogP contribution in [0.3, 0.4) is 0 Å². The Labute approximate surface area is 119 Å². The maximum atomic E-state index is 7.37. The molecule has 0 aliphatic carbocycles. The Morgan fingerprint density at radius 3 is 2.63 bits per heavy atom. The van der Waals surface area contributed by atoms with Gasteiger partial charge in [0, 0.05) is 49.4 Å². The van der Waals surface area contributed by atoms with Gasteiger partial charge in [0.05, 0.1) is 5.84 Å². The van der Waals surface area contributed by atoms with Gasteiger partial charge in [-0.3, -0.25) is 10.3 Å². The van der Waals surface area contributed by atoms with Crippen molar-refractivity contribution in [3.63, 3.8) is 0 Å². The summed E-state index contributed by atoms with van der Waals surface area (Å²) in [7, 11) is 0. The molecule has 1 aliphatic rings. The molecule has 1 aromatic rings. The average molecular weight is 281 g/mol. The minimum Gasteiger partial charge on any atom is -0.388 e. The number of benzene rings is 1. The Kier molecular flexibility index (Phi) is 4.66. The van der Waals surface area contributed by atoms with Crippen LogP contribution in [-0.4, -0.2) is 43.0 Å². The van der Waals surface area contributed by atoms with Crippen LogP contribution < -0.4 is 10.6 Å². The molecule has 1 atom stereocenters. The van der Waals surface area contributed by atoms with E-state index in [1.165, 1.54) is 5.69 Å². The Bertz CT molecular complexity index is 441. The number of hydrogen-bond acceptors (Lipinski definition) is 3. The molecule has 4 nitrogen and oxygen atoms in total. The van der Waals surface area contributed by atoms with Crippen molar-refractivity contribution in [1.82, 2.24) is 4.90 Å². The normalized spacial score (nSPS) is 18.3. The number of anilines is 1. The zero-order valence-corrected chi connectivity index (χ0v) is 12.0. The molecule has 1 unspecified atom stereocenters. The van der Waals surface area contributed by atoms with Crippen LogP contribution in [0.1, 0.15) is 13.3 Å². The zero-order valence-electron chi connectivity index (χ0n) is 11.3. The van der Waals surface area contributed by atoms with Gasteiger partial charge >= 0.3 is 0 Å². The lowest BCUT2D eigenvalue weighted by Gasteiger charge is -2.39. The van der Waals surface area contributed by atoms with Crippen LogP contribution in [0.4, 0.5) is 5.69 Å². The highest BCUT2D eigenvalue weighted by atomic mass is 35.5. The van der Waals surface area contributed by atoms with E-state index in [0.717, 1.165) is 31.2 Å². The minimum absolute atomic E-state index is 0.268. The van der Waals surface area contributed by atoms with Crippen molar-refractivity contribution in [3.8, 4) is 0 Å². The summed E-state index contributed by atoms with van der Waals surface area (Å²) in [4.78, 5) is 4.74. The molecule has 1 aliphatic heterocycles. The fraction of sp³-hybridized carbons (Fsp3) is 0.500. The first-order chi connectivity index (χ1) is 9.06. The van der Waals surface area contributed by atoms with Gasteiger partial charge in [0.15, 0.2) is 0 Å². The molecule has 0 amide bonds. The maximum Gasteiger partial charge on any atom is 0.0920 e. The van der Waals surface area contributed by atoms with E-state index in [1.807, 2.05) is 18.2 Å². The van der Waals surface area contributed by atoms with Gasteiger partial charge < -0.3 is 10.6 Å². The quantitative estimate of drug-likeness (QED) is 0.656. The summed E-state index contributed by atoms with van der Waals surface area (Å²) in [5, 5.41) is 8.15. The molecule has 0 radical (unpaired) electrons. The van der Waals surface area contributed by atoms with Crippen molar-refractivity contribution in [1.29, 1.82) is 5.41 Å². The Morgan fingerprint density at radius 2 is 2.05 bits per heavy atom. The standard InChI is InChI=1S/C14H21ClN4/c1-11(9-14(16)17)18-5-7-19(8-6-18)13-4-2-3-12(15)10-13/h2-4,10-11H,5-9H2,1H3,(H3,16,17). The number of hydrogen-bond donors (Lipinski definition) is 2. The lowest BCUT2D eigenvalue weighted by atomic mass is 10.1. The number of piperazine rings is 1. The first-order valence-corrected chi connectivity index (χ1v) is 7.01. The Balaban J connectivity index is 1.90. The molecule has 3 N–H and O–H groups in total. The highest BCUT2D eigenvalue weighted by Gasteiger charge is 2.21. The van der Waals surface area contributed by atoms with E-state index < -0.39 is 0 Å². The van der Waals surface area contributed by atoms with Crippen LogP contribution in [0.5, 0.6) is 0 Å². The molecule has 0 aromatic heterocycles. The third kappa shape index (κ3) is 3.85. The van der Waals surface area contributed by atoms with Crippen molar-refractivity contribution in [3.05, 3.63) is 29.3 Å². The Hall–Kier alpha value is -1.26. The molecule has 19 heavy (non-hydrogen) atoms. The summed E-state index contributed by atoms with van der Waals surface area (Å²) in [6.45, 7) is 6.11. The van der Waals surface area contributed by atoms with Crippen LogP contribution >= 0.6 is 11.6 Å². The van der Waals surface area contributed by atoms with Gasteiger partial charge in [-0.1, -0.05) is 17.7 Å². The third-order valence-corrected chi connectivity index (χ3v) is 3.86. The minimum atomic E-state index is 0.268. The van der Waals surface area contributed by atoms with E-state index in [1.54, 1.807) is 0 Å². The van der Waals surface area contributed by atoms with Crippen LogP contribution in [0, 0.1) is 5.41 Å². The van der Waals surface area contributed by atoms with Crippen molar-refractivity contribution >= 4 is 23.1 Å². The topological polar surface area (TPSA) is 56.4 Å². The van der Waals surface area contributed by atoms with Crippen molar-refractivity contribution < 1.29 is 0 Å². The predicted octanol–water partition coefficient (Wildman–Crippen LogP) is 2.18. The number of nitrogens with one attached hydrogen (secondary N) is 1. The van der Waals surface area contributed by atoms with Gasteiger partial charge in [-0.2, -0.15) is 0 Å². The maximum absolute atomic E-state index is 7.37. The van der Waals surface area contributed by atoms with Crippen LogP contribution in [0.15, 0.2) is 24.3 Å². The molecule has 1 fully saturated rings. The molecule has 0 saturated carbocycles. The summed E-state index contributed by atoms with van der Waals surface area (Å²) in [6.07, 6.45) is 0.650. The second-order valence-electron chi connectivity index (χ2n) is 5.08. The van der Waals surface area contributed by atoms with Gasteiger partial charge in [-0.25, -0.2) is 0 Å². The fourth-order valence-corrected chi connectivity index (χ4v) is 2.73. The smallest absolute Gasteiger partial charge is 0.0920 e. The fourth-order valence-electron chi connectivity index (χ4n) is 2.54. The van der Waals surface area contributed by atoms with Crippen LogP contribution in [-0.2, 0) is 0 Å². The molecule has 1 saturated heterocycles. The third-order valence-electron chi connectivity index (χ3n) is 3.63. The zero-order chi connectivity index (χ0) is 13.8. The number of nitrogens with two attached hydrogens (primary N) is 1. The first kappa shape index (κ1) is 14.2. The largest absolute Gasteiger partial charge is 0.388 e. The van der Waals surface area contributed by atoms with E-state index in [-0.39, 0.29) is 5.84 Å². The van der Waals surface area contributed by atoms with E-state index in [4.69, 9.17) is 22.7 Å². The second kappa shape index (κ2) is 6.26. The Morgan fingerprint density at radius 1 is 1.37 bits per heavy atom. The summed E-state index contributed by atoms with van der Waals surface area (Å²) < 4.78 is 0. The van der Waals surface area contributed by atoms with Crippen LogP contribution in [0.25, 0.3) is 0 Å². The highest BCUT2D eigenvalue weighted by molar-refractivity contribution is 6.30. The van der Waals surface area contributed by atoms with Gasteiger partial charge in [0.2, 0.25) is 0 Å². The van der Waals surface area contributed by atoms with Crippen molar-refractivity contribution in [2.45, 2.75) is 19.4 Å². The average Bonchev–Trinajstić information content (AvgIpc) is 2.38. The summed E-state index contributed by atoms with van der Waals surface area (Å²) in [5.41, 5.74) is 6.65. The molecular formula is C14H21ClN4. The van der Waals surface area contributed by atoms with Gasteiger partial charge in [0.1, 0.15) is 0 Å². The number of amidine groups is 1. The van der Waals surface area contributed by atoms with Gasteiger partial charge in [-0.05, 0) is 25.1 Å². The van der Waals surface area contributed by atoms with Crippen molar-refractivity contribution in [2.75, 3.05) is 31.1 Å². The van der Waals surface area contributed by atoms with E-state index in [0.29, 0.717) is 12.5 Å². The molecule has 0 bridgehead atoms. The van der Waals surface area contributed by atoms with Crippen LogP contribution in [0.2, 0.25) is 5.02 Å². The summed E-state index contributed by atoms with van der Waals surface area (Å²) in [6, 6.07) is 8.34. The molecule has 1 heterocycles. The molecule has 2 rings (SSSR count). The monoisotopic (exact) mass is 280 g/mol. The van der Waals surface area contributed by atoms with Gasteiger partial charge in [0.25, 0.3) is 0 Å². The first-order valence-electron chi connectivity index (χ1n) is 6.63. The van der Waals surface area contributed by atoms with E-state index >= 15 is 0 Å². The lowest BCUT2D eigenvalue weighted by Crippen LogP contribution is -2.50.